The van der Waals surface area contributed by atoms with Gasteiger partial charge in [-0.3, -0.25) is 14.6 Å². The van der Waals surface area contributed by atoms with E-state index in [0.717, 1.165) is 11.3 Å². The molecule has 1 aromatic carbocycles. The molecule has 2 fully saturated rings. The first-order valence-corrected chi connectivity index (χ1v) is 9.07. The van der Waals surface area contributed by atoms with E-state index in [4.69, 9.17) is 4.74 Å². The maximum absolute atomic E-state index is 13.2. The SMILES string of the molecule is O=C(Nc1ccccc1)[C@H]1[C@@H]2C=C[C@@]3(CN(Cc4ccncc4)C(=O)[C@@H]13)O2. The van der Waals surface area contributed by atoms with Crippen LogP contribution in [0.2, 0.25) is 0 Å². The summed E-state index contributed by atoms with van der Waals surface area (Å²) in [6, 6.07) is 13.1. The molecular formula is C21H19N3O3. The van der Waals surface area contributed by atoms with E-state index in [2.05, 4.69) is 10.3 Å². The third kappa shape index (κ3) is 2.56. The van der Waals surface area contributed by atoms with Gasteiger partial charge in [-0.15, -0.1) is 0 Å². The van der Waals surface area contributed by atoms with Crippen LogP contribution in [0.1, 0.15) is 5.56 Å². The van der Waals surface area contributed by atoms with E-state index >= 15 is 0 Å². The minimum atomic E-state index is -0.687. The van der Waals surface area contributed by atoms with Gasteiger partial charge in [0.25, 0.3) is 0 Å². The standard InChI is InChI=1S/C21H19N3O3/c25-19(23-15-4-2-1-3-5-15)17-16-6-9-21(27-16)13-24(20(26)18(17)21)12-14-7-10-22-11-8-14/h1-11,16-18H,12-13H2,(H,23,25)/t16-,17-,18+,21-/m0/s1. The molecule has 6 heteroatoms. The van der Waals surface area contributed by atoms with Crippen LogP contribution in [0, 0.1) is 11.8 Å². The lowest BCUT2D eigenvalue weighted by Gasteiger charge is -2.23. The molecule has 2 aromatic rings. The van der Waals surface area contributed by atoms with E-state index in [9.17, 15) is 9.59 Å². The number of likely N-dealkylation sites (tertiary alicyclic amines) is 1. The maximum atomic E-state index is 13.2. The number of para-hydroxylation sites is 1. The van der Waals surface area contributed by atoms with Gasteiger partial charge in [0.05, 0.1) is 24.5 Å². The third-order valence-electron chi connectivity index (χ3n) is 5.65. The van der Waals surface area contributed by atoms with Crippen LogP contribution in [-0.4, -0.2) is 39.9 Å². The fraction of sp³-hybridized carbons (Fsp3) is 0.286. The predicted octanol–water partition coefficient (Wildman–Crippen LogP) is 2.00. The number of carbonyl (C=O) groups is 2. The average Bonchev–Trinajstić information content (AvgIpc) is 3.32. The van der Waals surface area contributed by atoms with Crippen molar-refractivity contribution < 1.29 is 14.3 Å². The van der Waals surface area contributed by atoms with Crippen molar-refractivity contribution in [1.82, 2.24) is 9.88 Å². The number of pyridine rings is 1. The second kappa shape index (κ2) is 6.03. The molecule has 2 amide bonds. The smallest absolute Gasteiger partial charge is 0.231 e. The molecule has 0 radical (unpaired) electrons. The summed E-state index contributed by atoms with van der Waals surface area (Å²) in [5, 5.41) is 2.93. The van der Waals surface area contributed by atoms with Crippen molar-refractivity contribution >= 4 is 17.5 Å². The maximum Gasteiger partial charge on any atom is 0.231 e. The summed E-state index contributed by atoms with van der Waals surface area (Å²) in [4.78, 5) is 31.9. The first kappa shape index (κ1) is 16.2. The molecule has 0 aliphatic carbocycles. The minimum Gasteiger partial charge on any atom is -0.360 e. The van der Waals surface area contributed by atoms with E-state index in [1.807, 2.05) is 54.6 Å². The van der Waals surface area contributed by atoms with E-state index < -0.39 is 17.4 Å². The highest BCUT2D eigenvalue weighted by atomic mass is 16.5. The van der Waals surface area contributed by atoms with E-state index in [0.29, 0.717) is 13.1 Å². The monoisotopic (exact) mass is 361 g/mol. The molecule has 6 nitrogen and oxygen atoms in total. The van der Waals surface area contributed by atoms with Crippen molar-refractivity contribution in [2.45, 2.75) is 18.2 Å². The Kier molecular flexibility index (Phi) is 3.62. The lowest BCUT2D eigenvalue weighted by molar-refractivity contribution is -0.136. The Hall–Kier alpha value is -2.99. The predicted molar refractivity (Wildman–Crippen MR) is 98.4 cm³/mol. The van der Waals surface area contributed by atoms with Crippen molar-refractivity contribution in [3.05, 3.63) is 72.6 Å². The number of anilines is 1. The highest BCUT2D eigenvalue weighted by Gasteiger charge is 2.66. The third-order valence-corrected chi connectivity index (χ3v) is 5.65. The van der Waals surface area contributed by atoms with Crippen molar-refractivity contribution in [3.63, 3.8) is 0 Å². The summed E-state index contributed by atoms with van der Waals surface area (Å²) >= 11 is 0. The number of aromatic nitrogens is 1. The van der Waals surface area contributed by atoms with Crippen molar-refractivity contribution in [2.24, 2.45) is 11.8 Å². The molecule has 0 saturated carbocycles. The normalized spacial score (nSPS) is 30.6. The molecule has 3 aliphatic heterocycles. The van der Waals surface area contributed by atoms with Crippen molar-refractivity contribution in [1.29, 1.82) is 0 Å². The molecule has 1 aromatic heterocycles. The highest BCUT2D eigenvalue weighted by molar-refractivity contribution is 5.99. The van der Waals surface area contributed by atoms with Crippen LogP contribution in [0.5, 0.6) is 0 Å². The van der Waals surface area contributed by atoms with Crippen LogP contribution < -0.4 is 5.32 Å². The number of hydrogen-bond acceptors (Lipinski definition) is 4. The Bertz CT molecular complexity index is 915. The number of carbonyl (C=O) groups excluding carboxylic acids is 2. The molecule has 1 N–H and O–H groups in total. The average molecular weight is 361 g/mol. The van der Waals surface area contributed by atoms with Crippen LogP contribution in [0.4, 0.5) is 5.69 Å². The van der Waals surface area contributed by atoms with E-state index in [-0.39, 0.29) is 17.9 Å². The van der Waals surface area contributed by atoms with Gasteiger partial charge in [-0.25, -0.2) is 0 Å². The lowest BCUT2D eigenvalue weighted by Crippen LogP contribution is -2.41. The summed E-state index contributed by atoms with van der Waals surface area (Å²) in [7, 11) is 0. The molecule has 2 bridgehead atoms. The van der Waals surface area contributed by atoms with Gasteiger partial charge in [0.15, 0.2) is 0 Å². The van der Waals surface area contributed by atoms with Crippen LogP contribution in [0.3, 0.4) is 0 Å². The fourth-order valence-corrected chi connectivity index (χ4v) is 4.47. The molecule has 5 rings (SSSR count). The largest absolute Gasteiger partial charge is 0.360 e. The first-order chi connectivity index (χ1) is 13.2. The van der Waals surface area contributed by atoms with Crippen LogP contribution in [-0.2, 0) is 20.9 Å². The summed E-state index contributed by atoms with van der Waals surface area (Å²) in [6.07, 6.45) is 6.99. The van der Waals surface area contributed by atoms with Crippen molar-refractivity contribution in [3.8, 4) is 0 Å². The lowest BCUT2D eigenvalue weighted by atomic mass is 9.77. The Balaban J connectivity index is 1.39. The number of ether oxygens (including phenoxy) is 1. The molecule has 1 spiro atoms. The molecule has 136 valence electrons. The van der Waals surface area contributed by atoms with Crippen molar-refractivity contribution in [2.75, 3.05) is 11.9 Å². The summed E-state index contributed by atoms with van der Waals surface area (Å²) < 4.78 is 6.15. The van der Waals surface area contributed by atoms with E-state index in [1.54, 1.807) is 17.3 Å². The first-order valence-electron chi connectivity index (χ1n) is 9.07. The number of nitrogens with one attached hydrogen (secondary N) is 1. The van der Waals surface area contributed by atoms with Gasteiger partial charge in [-0.05, 0) is 29.8 Å². The second-order valence-electron chi connectivity index (χ2n) is 7.31. The molecule has 3 aliphatic rings. The Labute approximate surface area is 156 Å². The fourth-order valence-electron chi connectivity index (χ4n) is 4.47. The van der Waals surface area contributed by atoms with Gasteiger partial charge in [0, 0.05) is 24.6 Å². The zero-order valence-electron chi connectivity index (χ0n) is 14.6. The molecule has 4 heterocycles. The summed E-state index contributed by atoms with van der Waals surface area (Å²) in [5.41, 5.74) is 1.05. The molecule has 0 unspecified atom stereocenters. The number of nitrogens with zero attached hydrogens (tertiary/aromatic N) is 2. The summed E-state index contributed by atoms with van der Waals surface area (Å²) in [6.45, 7) is 0.968. The number of fused-ring (bicyclic) bond motifs is 1. The Morgan fingerprint density at radius 2 is 2.00 bits per heavy atom. The van der Waals surface area contributed by atoms with Gasteiger partial charge in [-0.1, -0.05) is 30.4 Å². The van der Waals surface area contributed by atoms with Crippen LogP contribution >= 0.6 is 0 Å². The molecule has 4 atom stereocenters. The zero-order chi connectivity index (χ0) is 18.4. The van der Waals surface area contributed by atoms with Gasteiger partial charge in [0.1, 0.15) is 5.60 Å². The van der Waals surface area contributed by atoms with Gasteiger partial charge >= 0.3 is 0 Å². The Morgan fingerprint density at radius 1 is 1.22 bits per heavy atom. The van der Waals surface area contributed by atoms with Gasteiger partial charge in [0.2, 0.25) is 11.8 Å². The number of amides is 2. The molecule has 2 saturated heterocycles. The zero-order valence-corrected chi connectivity index (χ0v) is 14.6. The summed E-state index contributed by atoms with van der Waals surface area (Å²) in [5.74, 6) is -1.17. The van der Waals surface area contributed by atoms with Crippen LogP contribution in [0.25, 0.3) is 0 Å². The molecular weight excluding hydrogens is 342 g/mol. The highest BCUT2D eigenvalue weighted by Crippen LogP contribution is 2.52. The van der Waals surface area contributed by atoms with Gasteiger partial charge in [-0.2, -0.15) is 0 Å². The van der Waals surface area contributed by atoms with Crippen LogP contribution in [0.15, 0.2) is 67.0 Å². The number of hydrogen-bond donors (Lipinski definition) is 1. The topological polar surface area (TPSA) is 71.5 Å². The second-order valence-corrected chi connectivity index (χ2v) is 7.31. The Morgan fingerprint density at radius 3 is 2.78 bits per heavy atom. The van der Waals surface area contributed by atoms with Gasteiger partial charge < -0.3 is 15.0 Å². The minimum absolute atomic E-state index is 0.0214. The number of rotatable bonds is 4. The number of benzene rings is 1. The van der Waals surface area contributed by atoms with E-state index in [1.165, 1.54) is 0 Å². The quantitative estimate of drug-likeness (QED) is 0.846. The molecule has 27 heavy (non-hydrogen) atoms.